The fourth-order valence-electron chi connectivity index (χ4n) is 4.56. The number of benzene rings is 5. The number of fused-ring (bicyclic) bond motifs is 1. The van der Waals surface area contributed by atoms with Gasteiger partial charge < -0.3 is 9.31 Å². The fourth-order valence-corrected chi connectivity index (χ4v) is 4.56. The Morgan fingerprint density at radius 1 is 0.231 bits per heavy atom. The average molecular weight is 778 g/mol. The highest BCUT2D eigenvalue weighted by Gasteiger charge is 2.44. The standard InChI is InChI=1S/C28BF21O2/c30-6-1-2(8(32)15(39)14(6)38)7(31)13(37)12(36)5(1)29(52-28-25(49)22(46)20(44)23(47)26(28)50)51-27-4(11(35)18(42)21(45)24(27)48)3-9(33)16(40)19(43)17(41)10(3)34. The van der Waals surface area contributed by atoms with Gasteiger partial charge in [-0.05, 0) is 0 Å². The number of hydrogen-bond donors (Lipinski definition) is 0. The van der Waals surface area contributed by atoms with E-state index >= 15 is 17.6 Å². The third kappa shape index (κ3) is 5.28. The molecule has 0 bridgehead atoms. The zero-order chi connectivity index (χ0) is 39.2. The van der Waals surface area contributed by atoms with Crippen LogP contribution in [-0.2, 0) is 0 Å². The zero-order valence-electron chi connectivity index (χ0n) is 23.3. The minimum atomic E-state index is -4.32. The van der Waals surface area contributed by atoms with Crippen LogP contribution in [0.1, 0.15) is 0 Å². The summed E-state index contributed by atoms with van der Waals surface area (Å²) in [6, 6.07) is 0. The molecule has 0 fully saturated rings. The molecule has 0 saturated carbocycles. The lowest BCUT2D eigenvalue weighted by molar-refractivity contribution is 0.328. The van der Waals surface area contributed by atoms with Crippen LogP contribution in [0.3, 0.4) is 0 Å². The Balaban J connectivity index is 2.00. The normalized spacial score (nSPS) is 11.6. The van der Waals surface area contributed by atoms with Crippen LogP contribution in [0.15, 0.2) is 0 Å². The summed E-state index contributed by atoms with van der Waals surface area (Å²) in [5.41, 5.74) is -8.45. The monoisotopic (exact) mass is 778 g/mol. The molecular weight excluding hydrogens is 778 g/mol. The molecule has 0 amide bonds. The van der Waals surface area contributed by atoms with Gasteiger partial charge in [-0.3, -0.25) is 0 Å². The molecule has 5 aromatic carbocycles. The van der Waals surface area contributed by atoms with Crippen molar-refractivity contribution in [2.45, 2.75) is 0 Å². The predicted molar refractivity (Wildman–Crippen MR) is 128 cm³/mol. The Morgan fingerprint density at radius 2 is 0.500 bits per heavy atom. The van der Waals surface area contributed by atoms with Gasteiger partial charge in [0.15, 0.2) is 87.1 Å². The van der Waals surface area contributed by atoms with E-state index in [1.54, 1.807) is 0 Å². The van der Waals surface area contributed by atoms with Crippen molar-refractivity contribution in [2.24, 2.45) is 0 Å². The summed E-state index contributed by atoms with van der Waals surface area (Å²) in [6.45, 7) is 0. The van der Waals surface area contributed by atoms with Crippen LogP contribution in [0.25, 0.3) is 21.9 Å². The number of hydrogen-bond acceptors (Lipinski definition) is 2. The van der Waals surface area contributed by atoms with Crippen molar-refractivity contribution in [1.29, 1.82) is 0 Å². The summed E-state index contributed by atoms with van der Waals surface area (Å²) in [7, 11) is -4.32. The molecule has 0 saturated heterocycles. The fraction of sp³-hybridized carbons (Fsp3) is 0. The van der Waals surface area contributed by atoms with E-state index in [4.69, 9.17) is 0 Å². The summed E-state index contributed by atoms with van der Waals surface area (Å²) >= 11 is 0. The molecule has 0 aromatic heterocycles. The molecule has 52 heavy (non-hydrogen) atoms. The van der Waals surface area contributed by atoms with Gasteiger partial charge in [-0.1, -0.05) is 0 Å². The van der Waals surface area contributed by atoms with E-state index in [1.807, 2.05) is 0 Å². The SMILES string of the molecule is Fc1c(F)c(F)c(OB(Oc2c(F)c(F)c(F)c(F)c2-c2c(F)c(F)c(F)c(F)c2F)c2c(F)c(F)c(F)c3c(F)c(F)c(F)c(F)c23)c(F)c1F. The third-order valence-electron chi connectivity index (χ3n) is 6.92. The summed E-state index contributed by atoms with van der Waals surface area (Å²) < 4.78 is 313. The Labute approximate surface area is 270 Å². The highest BCUT2D eigenvalue weighted by Crippen LogP contribution is 2.43. The maximum absolute atomic E-state index is 15.4. The van der Waals surface area contributed by atoms with Gasteiger partial charge in [-0.2, -0.15) is 13.2 Å². The minimum Gasteiger partial charge on any atom is -0.519 e. The molecule has 0 heterocycles. The minimum absolute atomic E-state index is 2.57. The summed E-state index contributed by atoms with van der Waals surface area (Å²) in [4.78, 5) is 0. The molecule has 0 radical (unpaired) electrons. The van der Waals surface area contributed by atoms with Crippen LogP contribution in [0.5, 0.6) is 11.5 Å². The van der Waals surface area contributed by atoms with E-state index in [0.29, 0.717) is 0 Å². The molecule has 5 aromatic rings. The molecule has 0 unspecified atom stereocenters. The van der Waals surface area contributed by atoms with Crippen LogP contribution in [0.4, 0.5) is 92.2 Å². The van der Waals surface area contributed by atoms with Gasteiger partial charge >= 0.3 is 7.12 Å². The van der Waals surface area contributed by atoms with Crippen LogP contribution in [0, 0.1) is 122 Å². The van der Waals surface area contributed by atoms with E-state index in [1.165, 1.54) is 0 Å². The second-order valence-corrected chi connectivity index (χ2v) is 9.73. The topological polar surface area (TPSA) is 18.5 Å². The lowest BCUT2D eigenvalue weighted by Crippen LogP contribution is -2.47. The van der Waals surface area contributed by atoms with E-state index in [-0.39, 0.29) is 0 Å². The first-order chi connectivity index (χ1) is 24.1. The zero-order valence-corrected chi connectivity index (χ0v) is 23.3. The molecule has 24 heteroatoms. The van der Waals surface area contributed by atoms with Crippen molar-refractivity contribution in [3.8, 4) is 22.6 Å². The predicted octanol–water partition coefficient (Wildman–Crippen LogP) is 9.28. The Kier molecular flexibility index (Phi) is 9.42. The molecule has 0 aliphatic carbocycles. The first kappa shape index (κ1) is 37.8. The van der Waals surface area contributed by atoms with Gasteiger partial charge in [0.05, 0.1) is 22.0 Å². The van der Waals surface area contributed by atoms with Crippen molar-refractivity contribution in [3.63, 3.8) is 0 Å². The summed E-state index contributed by atoms with van der Waals surface area (Å²) in [5, 5.41) is -5.17. The van der Waals surface area contributed by atoms with Crippen molar-refractivity contribution < 1.29 is 102 Å². The molecule has 274 valence electrons. The molecule has 0 N–H and O–H groups in total. The van der Waals surface area contributed by atoms with Crippen molar-refractivity contribution in [1.82, 2.24) is 0 Å². The molecular formula is C28BF21O2. The molecule has 5 rings (SSSR count). The number of rotatable bonds is 6. The first-order valence-corrected chi connectivity index (χ1v) is 12.6. The molecule has 0 aliphatic heterocycles. The van der Waals surface area contributed by atoms with Gasteiger partial charge in [0.1, 0.15) is 0 Å². The van der Waals surface area contributed by atoms with Crippen molar-refractivity contribution >= 4 is 23.4 Å². The summed E-state index contributed by atoms with van der Waals surface area (Å²) in [6.07, 6.45) is 0. The van der Waals surface area contributed by atoms with Crippen molar-refractivity contribution in [2.75, 3.05) is 0 Å². The molecule has 2 nitrogen and oxygen atoms in total. The molecule has 0 atom stereocenters. The van der Waals surface area contributed by atoms with Gasteiger partial charge in [0.2, 0.25) is 46.5 Å². The van der Waals surface area contributed by atoms with Gasteiger partial charge in [-0.25, -0.2) is 79.0 Å². The van der Waals surface area contributed by atoms with Gasteiger partial charge in [0.25, 0.3) is 0 Å². The van der Waals surface area contributed by atoms with E-state index in [2.05, 4.69) is 9.31 Å². The lowest BCUT2D eigenvalue weighted by Gasteiger charge is -2.23. The summed E-state index contributed by atoms with van der Waals surface area (Å²) in [5.74, 6) is -71.7. The Hall–Kier alpha value is -5.45. The average Bonchev–Trinajstić information content (AvgIpc) is 3.12. The van der Waals surface area contributed by atoms with Gasteiger partial charge in [-0.15, -0.1) is 0 Å². The molecule has 0 spiro atoms. The van der Waals surface area contributed by atoms with Crippen LogP contribution in [-0.4, -0.2) is 7.12 Å². The van der Waals surface area contributed by atoms with Crippen molar-refractivity contribution in [3.05, 3.63) is 122 Å². The highest BCUT2D eigenvalue weighted by molar-refractivity contribution is 6.66. The maximum atomic E-state index is 15.4. The second kappa shape index (κ2) is 13.0. The quantitative estimate of drug-likeness (QED) is 0.0741. The lowest BCUT2D eigenvalue weighted by atomic mass is 9.74. The number of halogens is 21. The van der Waals surface area contributed by atoms with Crippen LogP contribution >= 0.6 is 0 Å². The Morgan fingerprint density at radius 3 is 0.923 bits per heavy atom. The van der Waals surface area contributed by atoms with E-state index in [9.17, 15) is 74.6 Å². The van der Waals surface area contributed by atoms with Crippen LogP contribution in [0.2, 0.25) is 0 Å². The second-order valence-electron chi connectivity index (χ2n) is 9.73. The highest BCUT2D eigenvalue weighted by atomic mass is 19.2. The smallest absolute Gasteiger partial charge is 0.519 e. The largest absolute Gasteiger partial charge is 0.636 e. The maximum Gasteiger partial charge on any atom is 0.636 e. The van der Waals surface area contributed by atoms with E-state index in [0.717, 1.165) is 0 Å². The van der Waals surface area contributed by atoms with E-state index < -0.39 is 168 Å². The third-order valence-corrected chi connectivity index (χ3v) is 6.92. The first-order valence-electron chi connectivity index (χ1n) is 12.6. The Bertz CT molecular complexity index is 2330. The van der Waals surface area contributed by atoms with Gasteiger partial charge in [0, 0.05) is 5.39 Å². The molecule has 0 aliphatic rings. The van der Waals surface area contributed by atoms with Crippen LogP contribution < -0.4 is 14.8 Å².